The highest BCUT2D eigenvalue weighted by atomic mass is 16.6. The van der Waals surface area contributed by atoms with E-state index in [2.05, 4.69) is 16.7 Å². The summed E-state index contributed by atoms with van der Waals surface area (Å²) in [5.74, 6) is -1.02. The molecule has 1 aromatic carbocycles. The maximum absolute atomic E-state index is 11.9. The number of carbonyl (C=O) groups is 2. The van der Waals surface area contributed by atoms with Gasteiger partial charge in [-0.3, -0.25) is 0 Å². The SMILES string of the molecule is CC(C)(C)OC(=O)NC1CCC(Nc2cc(C#N)ccc2/C=C/C(=O)O)CC1. The molecule has 150 valence electrons. The summed E-state index contributed by atoms with van der Waals surface area (Å²) in [6.45, 7) is 5.50. The Bertz CT molecular complexity index is 782. The number of alkyl carbamates (subject to hydrolysis) is 1. The van der Waals surface area contributed by atoms with Crippen molar-refractivity contribution in [3.05, 3.63) is 35.4 Å². The lowest BCUT2D eigenvalue weighted by Gasteiger charge is -2.31. The van der Waals surface area contributed by atoms with Crippen LogP contribution in [0.15, 0.2) is 24.3 Å². The van der Waals surface area contributed by atoms with Gasteiger partial charge in [0.25, 0.3) is 0 Å². The van der Waals surface area contributed by atoms with Crippen molar-refractivity contribution in [1.29, 1.82) is 5.26 Å². The number of hydrogen-bond acceptors (Lipinski definition) is 5. The van der Waals surface area contributed by atoms with E-state index in [1.807, 2.05) is 20.8 Å². The zero-order chi connectivity index (χ0) is 20.7. The van der Waals surface area contributed by atoms with Crippen LogP contribution in [0.5, 0.6) is 0 Å². The van der Waals surface area contributed by atoms with E-state index in [0.717, 1.165) is 43.0 Å². The smallest absolute Gasteiger partial charge is 0.407 e. The van der Waals surface area contributed by atoms with Crippen molar-refractivity contribution in [2.45, 2.75) is 64.1 Å². The third-order valence-electron chi connectivity index (χ3n) is 4.40. The number of nitriles is 1. The molecule has 0 heterocycles. The van der Waals surface area contributed by atoms with Crippen molar-refractivity contribution in [3.63, 3.8) is 0 Å². The molecule has 7 nitrogen and oxygen atoms in total. The highest BCUT2D eigenvalue weighted by Crippen LogP contribution is 2.26. The second-order valence-electron chi connectivity index (χ2n) is 7.92. The average Bonchev–Trinajstić information content (AvgIpc) is 2.60. The molecule has 0 bridgehead atoms. The summed E-state index contributed by atoms with van der Waals surface area (Å²) < 4.78 is 5.30. The number of carboxylic acids is 1. The minimum absolute atomic E-state index is 0.0738. The van der Waals surface area contributed by atoms with Crippen molar-refractivity contribution in [2.75, 3.05) is 5.32 Å². The van der Waals surface area contributed by atoms with E-state index in [0.29, 0.717) is 5.56 Å². The lowest BCUT2D eigenvalue weighted by atomic mass is 9.91. The first kappa shape index (κ1) is 21.3. The maximum Gasteiger partial charge on any atom is 0.407 e. The third-order valence-corrected chi connectivity index (χ3v) is 4.40. The van der Waals surface area contributed by atoms with E-state index in [9.17, 15) is 9.59 Å². The van der Waals surface area contributed by atoms with Gasteiger partial charge in [-0.25, -0.2) is 9.59 Å². The molecule has 1 aromatic rings. The van der Waals surface area contributed by atoms with E-state index in [-0.39, 0.29) is 12.1 Å². The molecular formula is C21H27N3O4. The number of anilines is 1. The van der Waals surface area contributed by atoms with Gasteiger partial charge in [0.1, 0.15) is 5.60 Å². The second kappa shape index (κ2) is 9.27. The Kier molecular flexibility index (Phi) is 7.05. The number of ether oxygens (including phenoxy) is 1. The van der Waals surface area contributed by atoms with Crippen LogP contribution < -0.4 is 10.6 Å². The van der Waals surface area contributed by atoms with Crippen LogP contribution in [0.25, 0.3) is 6.08 Å². The molecule has 1 amide bonds. The molecule has 0 spiro atoms. The predicted octanol–water partition coefficient (Wildman–Crippen LogP) is 3.90. The lowest BCUT2D eigenvalue weighted by molar-refractivity contribution is -0.131. The molecule has 0 aromatic heterocycles. The van der Waals surface area contributed by atoms with Crippen LogP contribution >= 0.6 is 0 Å². The fraction of sp³-hybridized carbons (Fsp3) is 0.476. The van der Waals surface area contributed by atoms with Crippen molar-refractivity contribution in [3.8, 4) is 6.07 Å². The van der Waals surface area contributed by atoms with Gasteiger partial charge in [-0.15, -0.1) is 0 Å². The van der Waals surface area contributed by atoms with Crippen LogP contribution in [0, 0.1) is 11.3 Å². The first-order valence-corrected chi connectivity index (χ1v) is 9.37. The van der Waals surface area contributed by atoms with Gasteiger partial charge in [0.15, 0.2) is 0 Å². The summed E-state index contributed by atoms with van der Waals surface area (Å²) in [6, 6.07) is 7.48. The summed E-state index contributed by atoms with van der Waals surface area (Å²) in [7, 11) is 0. The second-order valence-corrected chi connectivity index (χ2v) is 7.92. The quantitative estimate of drug-likeness (QED) is 0.663. The maximum atomic E-state index is 11.9. The highest BCUT2D eigenvalue weighted by Gasteiger charge is 2.25. The standard InChI is InChI=1S/C21H27N3O4/c1-21(2,3)28-20(27)24-17-9-7-16(8-10-17)23-18-12-14(13-22)4-5-15(18)6-11-19(25)26/h4-6,11-12,16-17,23H,7-10H2,1-3H3,(H,24,27)(H,25,26)/b11-6+. The van der Waals surface area contributed by atoms with E-state index >= 15 is 0 Å². The van der Waals surface area contributed by atoms with E-state index in [1.165, 1.54) is 6.08 Å². The molecule has 28 heavy (non-hydrogen) atoms. The molecule has 0 unspecified atom stereocenters. The highest BCUT2D eigenvalue weighted by molar-refractivity contribution is 5.87. The molecule has 0 radical (unpaired) electrons. The van der Waals surface area contributed by atoms with Crippen molar-refractivity contribution in [2.24, 2.45) is 0 Å². The Labute approximate surface area is 165 Å². The zero-order valence-electron chi connectivity index (χ0n) is 16.5. The third kappa shape index (κ3) is 6.95. The molecule has 1 fully saturated rings. The summed E-state index contributed by atoms with van der Waals surface area (Å²) in [6.07, 6.45) is 5.52. The van der Waals surface area contributed by atoms with Gasteiger partial charge in [0.05, 0.1) is 11.6 Å². The van der Waals surface area contributed by atoms with Gasteiger partial charge in [-0.1, -0.05) is 6.07 Å². The molecule has 7 heteroatoms. The predicted molar refractivity (Wildman–Crippen MR) is 107 cm³/mol. The number of nitrogens with one attached hydrogen (secondary N) is 2. The molecule has 1 aliphatic carbocycles. The molecular weight excluding hydrogens is 358 g/mol. The Morgan fingerprint density at radius 2 is 1.86 bits per heavy atom. The Balaban J connectivity index is 1.96. The number of benzene rings is 1. The number of nitrogens with zero attached hydrogens (tertiary/aromatic N) is 1. The fourth-order valence-electron chi connectivity index (χ4n) is 3.13. The molecule has 2 rings (SSSR count). The van der Waals surface area contributed by atoms with Gasteiger partial charge in [-0.05, 0) is 70.2 Å². The number of hydrogen-bond donors (Lipinski definition) is 3. The van der Waals surface area contributed by atoms with Gasteiger partial charge >= 0.3 is 12.1 Å². The lowest BCUT2D eigenvalue weighted by Crippen LogP contribution is -2.42. The molecule has 1 aliphatic rings. The van der Waals surface area contributed by atoms with Crippen molar-refractivity contribution < 1.29 is 19.4 Å². The van der Waals surface area contributed by atoms with Gasteiger partial charge < -0.3 is 20.5 Å². The monoisotopic (exact) mass is 385 g/mol. The van der Waals surface area contributed by atoms with Crippen LogP contribution in [-0.2, 0) is 9.53 Å². The van der Waals surface area contributed by atoms with Crippen LogP contribution in [0.2, 0.25) is 0 Å². The Hall–Kier alpha value is -3.01. The van der Waals surface area contributed by atoms with Crippen LogP contribution in [0.1, 0.15) is 57.6 Å². The van der Waals surface area contributed by atoms with Crippen LogP contribution in [0.3, 0.4) is 0 Å². The zero-order valence-corrected chi connectivity index (χ0v) is 16.5. The van der Waals surface area contributed by atoms with E-state index in [1.54, 1.807) is 18.2 Å². The Morgan fingerprint density at radius 3 is 2.43 bits per heavy atom. The topological polar surface area (TPSA) is 111 Å². The minimum Gasteiger partial charge on any atom is -0.478 e. The largest absolute Gasteiger partial charge is 0.478 e. The number of rotatable bonds is 5. The summed E-state index contributed by atoms with van der Waals surface area (Å²) in [5, 5.41) is 24.3. The molecule has 0 aliphatic heterocycles. The van der Waals surface area contributed by atoms with E-state index < -0.39 is 17.7 Å². The number of aliphatic carboxylic acids is 1. The fourth-order valence-corrected chi connectivity index (χ4v) is 3.13. The van der Waals surface area contributed by atoms with Crippen LogP contribution in [-0.4, -0.2) is 34.9 Å². The molecule has 0 atom stereocenters. The summed E-state index contributed by atoms with van der Waals surface area (Å²) >= 11 is 0. The number of carboxylic acid groups (broad SMARTS) is 1. The van der Waals surface area contributed by atoms with Crippen LogP contribution in [0.4, 0.5) is 10.5 Å². The van der Waals surface area contributed by atoms with Gasteiger partial charge in [0.2, 0.25) is 0 Å². The minimum atomic E-state index is -1.02. The number of amides is 1. The average molecular weight is 385 g/mol. The van der Waals surface area contributed by atoms with Gasteiger partial charge in [0, 0.05) is 23.8 Å². The van der Waals surface area contributed by atoms with Gasteiger partial charge in [-0.2, -0.15) is 5.26 Å². The number of carbonyl (C=O) groups excluding carboxylic acids is 1. The normalized spacial score (nSPS) is 19.6. The molecule has 0 saturated heterocycles. The first-order valence-electron chi connectivity index (χ1n) is 9.37. The van der Waals surface area contributed by atoms with E-state index in [4.69, 9.17) is 15.1 Å². The van der Waals surface area contributed by atoms with Crippen molar-refractivity contribution in [1.82, 2.24) is 5.32 Å². The van der Waals surface area contributed by atoms with Crippen molar-refractivity contribution >= 4 is 23.8 Å². The first-order chi connectivity index (χ1) is 13.2. The summed E-state index contributed by atoms with van der Waals surface area (Å²) in [5.41, 5.74) is 1.44. The molecule has 1 saturated carbocycles. The molecule has 3 N–H and O–H groups in total. The summed E-state index contributed by atoms with van der Waals surface area (Å²) in [4.78, 5) is 22.7. The Morgan fingerprint density at radius 1 is 1.21 bits per heavy atom.